The standard InChI is InChI=1S/C14H13NO4P/c16-15(17)13-9-6-11(7-10-13)5-8-12-3-1-2-4-14(12)19-20-18/h1-4,6-7,9-10,20H,5,8H2/q+1. The highest BCUT2D eigenvalue weighted by molar-refractivity contribution is 7.17. The summed E-state index contributed by atoms with van der Waals surface area (Å²) < 4.78 is 15.6. The summed E-state index contributed by atoms with van der Waals surface area (Å²) >= 11 is 0. The zero-order valence-electron chi connectivity index (χ0n) is 10.6. The van der Waals surface area contributed by atoms with Crippen LogP contribution in [-0.4, -0.2) is 4.92 Å². The van der Waals surface area contributed by atoms with Crippen LogP contribution < -0.4 is 4.52 Å². The van der Waals surface area contributed by atoms with Crippen molar-refractivity contribution >= 4 is 14.4 Å². The monoisotopic (exact) mass is 290 g/mol. The molecule has 0 aliphatic rings. The normalized spacial score (nSPS) is 10.4. The van der Waals surface area contributed by atoms with Crippen LogP contribution in [0.15, 0.2) is 48.5 Å². The van der Waals surface area contributed by atoms with E-state index in [0.29, 0.717) is 5.75 Å². The number of nitro benzene ring substituents is 1. The van der Waals surface area contributed by atoms with Gasteiger partial charge in [0, 0.05) is 17.7 Å². The van der Waals surface area contributed by atoms with E-state index in [4.69, 9.17) is 4.52 Å². The first-order valence-corrected chi connectivity index (χ1v) is 6.87. The van der Waals surface area contributed by atoms with E-state index in [2.05, 4.69) is 0 Å². The Morgan fingerprint density at radius 3 is 2.40 bits per heavy atom. The van der Waals surface area contributed by atoms with Crippen molar-refractivity contribution in [3.05, 3.63) is 69.8 Å². The van der Waals surface area contributed by atoms with Crippen LogP contribution in [0.1, 0.15) is 11.1 Å². The third-order valence-electron chi connectivity index (χ3n) is 2.95. The maximum Gasteiger partial charge on any atom is 0.542 e. The van der Waals surface area contributed by atoms with E-state index in [1.807, 2.05) is 18.2 Å². The smallest absolute Gasteiger partial charge is 0.258 e. The van der Waals surface area contributed by atoms with Gasteiger partial charge in [-0.25, -0.2) is 0 Å². The summed E-state index contributed by atoms with van der Waals surface area (Å²) in [5.41, 5.74) is 2.06. The molecule has 6 heteroatoms. The Bertz CT molecular complexity index is 613. The number of hydrogen-bond donors (Lipinski definition) is 0. The zero-order chi connectivity index (χ0) is 14.4. The van der Waals surface area contributed by atoms with E-state index in [1.54, 1.807) is 18.2 Å². The maximum absolute atomic E-state index is 10.6. The molecular weight excluding hydrogens is 277 g/mol. The van der Waals surface area contributed by atoms with Crippen molar-refractivity contribution in [3.8, 4) is 5.75 Å². The van der Waals surface area contributed by atoms with Gasteiger partial charge in [-0.1, -0.05) is 30.3 Å². The highest BCUT2D eigenvalue weighted by atomic mass is 31.1. The number of nitrogens with zero attached hydrogens (tertiary/aromatic N) is 1. The van der Waals surface area contributed by atoms with Gasteiger partial charge >= 0.3 is 8.69 Å². The summed E-state index contributed by atoms with van der Waals surface area (Å²) in [6.45, 7) is 0. The lowest BCUT2D eigenvalue weighted by molar-refractivity contribution is -0.384. The summed E-state index contributed by atoms with van der Waals surface area (Å²) in [6.07, 6.45) is 1.46. The molecule has 0 aliphatic heterocycles. The minimum absolute atomic E-state index is 0.0880. The summed E-state index contributed by atoms with van der Waals surface area (Å²) in [5.74, 6) is 0.614. The Morgan fingerprint density at radius 1 is 1.05 bits per heavy atom. The van der Waals surface area contributed by atoms with Crippen LogP contribution >= 0.6 is 8.69 Å². The molecule has 2 aromatic carbocycles. The number of aryl methyl sites for hydroxylation is 2. The predicted octanol–water partition coefficient (Wildman–Crippen LogP) is 3.70. The van der Waals surface area contributed by atoms with E-state index in [-0.39, 0.29) is 5.69 Å². The fourth-order valence-electron chi connectivity index (χ4n) is 1.92. The number of nitro groups is 1. The van der Waals surface area contributed by atoms with E-state index in [0.717, 1.165) is 24.0 Å². The second kappa shape index (κ2) is 6.78. The van der Waals surface area contributed by atoms with Crippen molar-refractivity contribution in [3.63, 3.8) is 0 Å². The molecule has 0 heterocycles. The molecule has 1 atom stereocenters. The number of rotatable bonds is 6. The molecule has 0 amide bonds. The van der Waals surface area contributed by atoms with Crippen LogP contribution in [-0.2, 0) is 17.4 Å². The maximum atomic E-state index is 10.6. The van der Waals surface area contributed by atoms with Gasteiger partial charge in [-0.3, -0.25) is 14.6 Å². The van der Waals surface area contributed by atoms with Gasteiger partial charge in [-0.2, -0.15) is 0 Å². The summed E-state index contributed by atoms with van der Waals surface area (Å²) in [5, 5.41) is 10.6. The number of hydrogen-bond acceptors (Lipinski definition) is 4. The minimum atomic E-state index is -0.827. The SMILES string of the molecule is O=[PH+]Oc1ccccc1CCc1ccc([N+](=O)[O-])cc1. The minimum Gasteiger partial charge on any atom is -0.258 e. The first-order chi connectivity index (χ1) is 9.70. The molecule has 1 unspecified atom stereocenters. The van der Waals surface area contributed by atoms with Gasteiger partial charge in [0.05, 0.1) is 4.92 Å². The second-order valence-corrected chi connectivity index (χ2v) is 4.59. The Kier molecular flexibility index (Phi) is 4.80. The van der Waals surface area contributed by atoms with Crippen LogP contribution in [0, 0.1) is 10.1 Å². The molecule has 2 rings (SSSR count). The van der Waals surface area contributed by atoms with Gasteiger partial charge in [-0.15, -0.1) is 0 Å². The van der Waals surface area contributed by atoms with Crippen molar-refractivity contribution in [2.24, 2.45) is 0 Å². The lowest BCUT2D eigenvalue weighted by Gasteiger charge is -2.04. The zero-order valence-corrected chi connectivity index (χ0v) is 11.6. The molecule has 102 valence electrons. The Labute approximate surface area is 117 Å². The Morgan fingerprint density at radius 2 is 1.75 bits per heavy atom. The number of non-ortho nitro benzene ring substituents is 1. The average Bonchev–Trinajstić information content (AvgIpc) is 2.47. The summed E-state index contributed by atoms with van der Waals surface area (Å²) in [4.78, 5) is 10.2. The Balaban J connectivity index is 2.05. The molecule has 20 heavy (non-hydrogen) atoms. The average molecular weight is 290 g/mol. The first kappa shape index (κ1) is 14.2. The molecule has 0 saturated carbocycles. The fraction of sp³-hybridized carbons (Fsp3) is 0.143. The molecule has 0 fully saturated rings. The van der Waals surface area contributed by atoms with Crippen molar-refractivity contribution < 1.29 is 14.0 Å². The van der Waals surface area contributed by atoms with Crippen LogP contribution in [0.4, 0.5) is 5.69 Å². The van der Waals surface area contributed by atoms with Gasteiger partial charge in [0.2, 0.25) is 0 Å². The lowest BCUT2D eigenvalue weighted by Crippen LogP contribution is -1.94. The van der Waals surface area contributed by atoms with Crippen LogP contribution in [0.5, 0.6) is 5.75 Å². The molecule has 0 aromatic heterocycles. The third-order valence-corrected chi connectivity index (χ3v) is 3.26. The molecule has 0 radical (unpaired) electrons. The topological polar surface area (TPSA) is 69.4 Å². The number of benzene rings is 2. The largest absolute Gasteiger partial charge is 0.542 e. The van der Waals surface area contributed by atoms with Crippen molar-refractivity contribution in [2.75, 3.05) is 0 Å². The summed E-state index contributed by atoms with van der Waals surface area (Å²) in [7, 11) is -0.827. The Hall–Kier alpha value is -2.26. The molecule has 5 nitrogen and oxygen atoms in total. The van der Waals surface area contributed by atoms with Gasteiger partial charge < -0.3 is 0 Å². The van der Waals surface area contributed by atoms with Gasteiger partial charge in [0.1, 0.15) is 0 Å². The number of para-hydroxylation sites is 1. The van der Waals surface area contributed by atoms with Crippen LogP contribution in [0.3, 0.4) is 0 Å². The molecule has 0 N–H and O–H groups in total. The second-order valence-electron chi connectivity index (χ2n) is 4.22. The first-order valence-electron chi connectivity index (χ1n) is 6.06. The lowest BCUT2D eigenvalue weighted by atomic mass is 10.0. The molecule has 0 bridgehead atoms. The van der Waals surface area contributed by atoms with E-state index in [9.17, 15) is 14.7 Å². The fourth-order valence-corrected chi connectivity index (χ4v) is 2.21. The highest BCUT2D eigenvalue weighted by Gasteiger charge is 2.08. The predicted molar refractivity (Wildman–Crippen MR) is 76.6 cm³/mol. The third kappa shape index (κ3) is 3.62. The van der Waals surface area contributed by atoms with E-state index < -0.39 is 13.6 Å². The van der Waals surface area contributed by atoms with Crippen molar-refractivity contribution in [2.45, 2.75) is 12.8 Å². The van der Waals surface area contributed by atoms with Crippen molar-refractivity contribution in [1.29, 1.82) is 0 Å². The van der Waals surface area contributed by atoms with Crippen LogP contribution in [0.25, 0.3) is 0 Å². The summed E-state index contributed by atoms with van der Waals surface area (Å²) in [6, 6.07) is 13.9. The van der Waals surface area contributed by atoms with Gasteiger partial charge in [-0.05, 0) is 29.0 Å². The van der Waals surface area contributed by atoms with Gasteiger partial charge in [0.15, 0.2) is 5.75 Å². The van der Waals surface area contributed by atoms with Gasteiger partial charge in [0.25, 0.3) is 5.69 Å². The highest BCUT2D eigenvalue weighted by Crippen LogP contribution is 2.23. The van der Waals surface area contributed by atoms with Crippen LogP contribution in [0.2, 0.25) is 0 Å². The van der Waals surface area contributed by atoms with E-state index >= 15 is 0 Å². The van der Waals surface area contributed by atoms with E-state index in [1.165, 1.54) is 12.1 Å². The molecular formula is C14H13NO4P+. The quantitative estimate of drug-likeness (QED) is 0.462. The molecule has 0 aliphatic carbocycles. The van der Waals surface area contributed by atoms with Crippen molar-refractivity contribution in [1.82, 2.24) is 0 Å². The molecule has 0 spiro atoms. The molecule has 0 saturated heterocycles. The molecule has 2 aromatic rings.